The maximum absolute atomic E-state index is 12.4. The summed E-state index contributed by atoms with van der Waals surface area (Å²) >= 11 is 0. The molecular weight excluding hydrogens is 292 g/mol. The highest BCUT2D eigenvalue weighted by atomic mass is 16.4. The molecule has 0 aromatic carbocycles. The number of ketones is 1. The van der Waals surface area contributed by atoms with Crippen molar-refractivity contribution in [2.24, 2.45) is 5.41 Å². The summed E-state index contributed by atoms with van der Waals surface area (Å²) in [5.74, 6) is -0.912. The average Bonchev–Trinajstić information content (AvgIpc) is 2.42. The molecule has 2 N–H and O–H groups in total. The number of hydrogen-bond donors (Lipinski definition) is 2. The Labute approximate surface area is 138 Å². The molecule has 0 saturated carbocycles. The molecule has 0 heterocycles. The van der Waals surface area contributed by atoms with Crippen LogP contribution in [0.4, 0.5) is 0 Å². The summed E-state index contributed by atoms with van der Waals surface area (Å²) < 4.78 is 0. The van der Waals surface area contributed by atoms with Gasteiger partial charge in [0.2, 0.25) is 0 Å². The van der Waals surface area contributed by atoms with Gasteiger partial charge in [-0.2, -0.15) is 0 Å². The fourth-order valence-corrected chi connectivity index (χ4v) is 3.12. The van der Waals surface area contributed by atoms with Crippen LogP contribution in [-0.2, 0) is 9.59 Å². The highest BCUT2D eigenvalue weighted by Crippen LogP contribution is 2.47. The fourth-order valence-electron chi connectivity index (χ4n) is 3.12. The summed E-state index contributed by atoms with van der Waals surface area (Å²) in [7, 11) is 0. The number of hydrogen-bond acceptors (Lipinski definition) is 3. The molecule has 128 valence electrons. The number of aliphatic hydroxyl groups is 1. The Bertz CT molecular complexity index is 578. The molecule has 0 saturated heterocycles. The van der Waals surface area contributed by atoms with Crippen molar-refractivity contribution in [3.8, 4) is 0 Å². The molecule has 0 spiro atoms. The SMILES string of the molecule is CCCCC1=C(C)C(O)(C=CC(C)=CC(=O)O)C(C)(C)CC1=O. The van der Waals surface area contributed by atoms with Crippen molar-refractivity contribution in [2.45, 2.75) is 65.9 Å². The molecule has 23 heavy (non-hydrogen) atoms. The van der Waals surface area contributed by atoms with Gasteiger partial charge in [0.1, 0.15) is 5.60 Å². The van der Waals surface area contributed by atoms with E-state index < -0.39 is 17.0 Å². The summed E-state index contributed by atoms with van der Waals surface area (Å²) in [6.07, 6.45) is 7.21. The number of carbonyl (C=O) groups is 2. The topological polar surface area (TPSA) is 74.6 Å². The molecule has 1 rings (SSSR count). The molecule has 1 unspecified atom stereocenters. The standard InChI is InChI=1S/C19H28O4/c1-6-7-8-15-14(3)19(23,18(4,5)12-16(15)20)10-9-13(2)11-17(21)22/h9-11,23H,6-8,12H2,1-5H3,(H,21,22). The van der Waals surface area contributed by atoms with Crippen molar-refractivity contribution >= 4 is 11.8 Å². The zero-order chi connectivity index (χ0) is 17.8. The Balaban J connectivity index is 3.31. The number of carboxylic acids is 1. The average molecular weight is 320 g/mol. The molecule has 0 bridgehead atoms. The summed E-state index contributed by atoms with van der Waals surface area (Å²) in [4.78, 5) is 23.1. The van der Waals surface area contributed by atoms with E-state index in [1.54, 1.807) is 19.1 Å². The fraction of sp³-hybridized carbons (Fsp3) is 0.579. The van der Waals surface area contributed by atoms with Crippen LogP contribution < -0.4 is 0 Å². The predicted molar refractivity (Wildman–Crippen MR) is 91.1 cm³/mol. The van der Waals surface area contributed by atoms with Crippen LogP contribution in [0.3, 0.4) is 0 Å². The van der Waals surface area contributed by atoms with Gasteiger partial charge in [0.05, 0.1) is 0 Å². The minimum absolute atomic E-state index is 0.108. The summed E-state index contributed by atoms with van der Waals surface area (Å²) in [6, 6.07) is 0. The smallest absolute Gasteiger partial charge is 0.328 e. The molecule has 0 radical (unpaired) electrons. The molecular formula is C19H28O4. The van der Waals surface area contributed by atoms with Crippen LogP contribution in [0.2, 0.25) is 0 Å². The van der Waals surface area contributed by atoms with E-state index in [9.17, 15) is 14.7 Å². The number of unbranched alkanes of at least 4 members (excludes halogenated alkanes) is 1. The molecule has 0 amide bonds. The summed E-state index contributed by atoms with van der Waals surface area (Å²) in [5.41, 5.74) is 0.0629. The monoisotopic (exact) mass is 320 g/mol. The minimum atomic E-state index is -1.25. The van der Waals surface area contributed by atoms with Gasteiger partial charge in [-0.1, -0.05) is 33.3 Å². The van der Waals surface area contributed by atoms with Crippen LogP contribution in [0.1, 0.15) is 60.3 Å². The van der Waals surface area contributed by atoms with Gasteiger partial charge in [-0.15, -0.1) is 0 Å². The van der Waals surface area contributed by atoms with Crippen LogP contribution in [0.15, 0.2) is 34.9 Å². The lowest BCUT2D eigenvalue weighted by Crippen LogP contribution is -2.49. The third-order valence-corrected chi connectivity index (χ3v) is 4.71. The Morgan fingerprint density at radius 1 is 1.35 bits per heavy atom. The van der Waals surface area contributed by atoms with E-state index in [4.69, 9.17) is 5.11 Å². The molecule has 0 aliphatic heterocycles. The van der Waals surface area contributed by atoms with E-state index in [1.807, 2.05) is 20.8 Å². The van der Waals surface area contributed by atoms with Gasteiger partial charge in [0, 0.05) is 17.9 Å². The number of aliphatic carboxylic acids is 1. The third-order valence-electron chi connectivity index (χ3n) is 4.71. The molecule has 4 heteroatoms. The second kappa shape index (κ2) is 7.26. The molecule has 1 aliphatic rings. The number of allylic oxidation sites excluding steroid dienone is 3. The van der Waals surface area contributed by atoms with Gasteiger partial charge in [0.25, 0.3) is 0 Å². The van der Waals surface area contributed by atoms with Crippen molar-refractivity contribution < 1.29 is 19.8 Å². The molecule has 4 nitrogen and oxygen atoms in total. The number of carbonyl (C=O) groups excluding carboxylic acids is 1. The highest BCUT2D eigenvalue weighted by molar-refractivity contribution is 5.98. The second-order valence-electron chi connectivity index (χ2n) is 7.02. The Kier molecular flexibility index (Phi) is 6.11. The Hall–Kier alpha value is -1.68. The van der Waals surface area contributed by atoms with Crippen molar-refractivity contribution in [1.29, 1.82) is 0 Å². The number of carboxylic acid groups (broad SMARTS) is 1. The highest BCUT2D eigenvalue weighted by Gasteiger charge is 2.49. The molecule has 0 aromatic heterocycles. The predicted octanol–water partition coefficient (Wildman–Crippen LogP) is 3.81. The zero-order valence-electron chi connectivity index (χ0n) is 14.8. The molecule has 1 atom stereocenters. The first-order valence-electron chi connectivity index (χ1n) is 8.11. The lowest BCUT2D eigenvalue weighted by atomic mass is 9.62. The molecule has 0 fully saturated rings. The quantitative estimate of drug-likeness (QED) is 0.576. The first-order chi connectivity index (χ1) is 10.5. The third kappa shape index (κ3) is 4.20. The van der Waals surface area contributed by atoms with Gasteiger partial charge in [0.15, 0.2) is 5.78 Å². The van der Waals surface area contributed by atoms with Crippen molar-refractivity contribution in [2.75, 3.05) is 0 Å². The van der Waals surface area contributed by atoms with Crippen molar-refractivity contribution in [1.82, 2.24) is 0 Å². The van der Waals surface area contributed by atoms with Gasteiger partial charge in [-0.25, -0.2) is 4.79 Å². The number of Topliss-reactive ketones (excluding diaryl/α,β-unsaturated/α-hetero) is 1. The second-order valence-corrected chi connectivity index (χ2v) is 7.02. The van der Waals surface area contributed by atoms with Crippen LogP contribution in [0.25, 0.3) is 0 Å². The molecule has 1 aliphatic carbocycles. The first kappa shape index (κ1) is 19.4. The van der Waals surface area contributed by atoms with E-state index in [2.05, 4.69) is 6.92 Å². The van der Waals surface area contributed by atoms with E-state index in [0.717, 1.165) is 24.5 Å². The Morgan fingerprint density at radius 2 is 1.96 bits per heavy atom. The zero-order valence-corrected chi connectivity index (χ0v) is 14.8. The van der Waals surface area contributed by atoms with E-state index in [-0.39, 0.29) is 12.2 Å². The van der Waals surface area contributed by atoms with Crippen molar-refractivity contribution in [3.63, 3.8) is 0 Å². The lowest BCUT2D eigenvalue weighted by Gasteiger charge is -2.46. The normalized spacial score (nSPS) is 25.3. The largest absolute Gasteiger partial charge is 0.478 e. The number of rotatable bonds is 6. The maximum atomic E-state index is 12.4. The lowest BCUT2D eigenvalue weighted by molar-refractivity contribution is -0.131. The van der Waals surface area contributed by atoms with Crippen LogP contribution >= 0.6 is 0 Å². The summed E-state index contributed by atoms with van der Waals surface area (Å²) in [5, 5.41) is 20.1. The first-order valence-corrected chi connectivity index (χ1v) is 8.11. The van der Waals surface area contributed by atoms with Crippen molar-refractivity contribution in [3.05, 3.63) is 34.9 Å². The van der Waals surface area contributed by atoms with E-state index >= 15 is 0 Å². The summed E-state index contributed by atoms with van der Waals surface area (Å²) in [6.45, 7) is 9.28. The Morgan fingerprint density at radius 3 is 2.48 bits per heavy atom. The van der Waals surface area contributed by atoms with Gasteiger partial charge >= 0.3 is 5.97 Å². The van der Waals surface area contributed by atoms with Crippen LogP contribution in [0, 0.1) is 5.41 Å². The van der Waals surface area contributed by atoms with Gasteiger partial charge in [-0.05, 0) is 49.5 Å². The van der Waals surface area contributed by atoms with E-state index in [1.165, 1.54) is 0 Å². The minimum Gasteiger partial charge on any atom is -0.478 e. The maximum Gasteiger partial charge on any atom is 0.328 e. The van der Waals surface area contributed by atoms with Crippen LogP contribution in [-0.4, -0.2) is 27.6 Å². The van der Waals surface area contributed by atoms with Gasteiger partial charge < -0.3 is 10.2 Å². The van der Waals surface area contributed by atoms with E-state index in [0.29, 0.717) is 17.6 Å². The van der Waals surface area contributed by atoms with Crippen LogP contribution in [0.5, 0.6) is 0 Å². The van der Waals surface area contributed by atoms with Gasteiger partial charge in [-0.3, -0.25) is 4.79 Å². The molecule has 0 aromatic rings.